The van der Waals surface area contributed by atoms with Crippen LogP contribution in [0.25, 0.3) is 10.9 Å². The van der Waals surface area contributed by atoms with E-state index in [-0.39, 0.29) is 11.7 Å². The number of hydrogen-bond donors (Lipinski definition) is 3. The van der Waals surface area contributed by atoms with Crippen molar-refractivity contribution in [1.82, 2.24) is 15.3 Å². The molecule has 0 bridgehead atoms. The van der Waals surface area contributed by atoms with Gasteiger partial charge in [-0.2, -0.15) is 4.98 Å². The molecular weight excluding hydrogens is 418 g/mol. The molecule has 3 aromatic rings. The van der Waals surface area contributed by atoms with Crippen LogP contribution in [0.1, 0.15) is 36.0 Å². The third-order valence-electron chi connectivity index (χ3n) is 6.18. The summed E-state index contributed by atoms with van der Waals surface area (Å²) in [6.07, 6.45) is 4.04. The summed E-state index contributed by atoms with van der Waals surface area (Å²) < 4.78 is 5.09. The Morgan fingerprint density at radius 3 is 2.61 bits per heavy atom. The molecule has 1 amide bonds. The second-order valence-corrected chi connectivity index (χ2v) is 8.74. The number of aromatic hydroxyl groups is 1. The summed E-state index contributed by atoms with van der Waals surface area (Å²) in [5.74, 6) is 2.16. The topological polar surface area (TPSA) is 99.6 Å². The lowest BCUT2D eigenvalue weighted by molar-refractivity contribution is 0.0943. The fourth-order valence-electron chi connectivity index (χ4n) is 4.32. The monoisotopic (exact) mass is 449 g/mol. The molecule has 174 valence electrons. The molecule has 2 aromatic carbocycles. The molecule has 8 heteroatoms. The highest BCUT2D eigenvalue weighted by Gasteiger charge is 2.23. The van der Waals surface area contributed by atoms with Gasteiger partial charge in [-0.25, -0.2) is 4.98 Å². The Morgan fingerprint density at radius 1 is 1.12 bits per heavy atom. The fraction of sp³-hybridized carbons (Fsp3) is 0.400. The number of methoxy groups -OCH3 is 1. The Kier molecular flexibility index (Phi) is 6.82. The van der Waals surface area contributed by atoms with E-state index in [0.717, 1.165) is 42.4 Å². The number of nitrogens with one attached hydrogen (secondary N) is 2. The van der Waals surface area contributed by atoms with Gasteiger partial charge in [-0.1, -0.05) is 12.1 Å². The largest absolute Gasteiger partial charge is 0.504 e. The third-order valence-corrected chi connectivity index (χ3v) is 6.18. The molecule has 4 rings (SSSR count). The number of anilines is 2. The maximum absolute atomic E-state index is 12.5. The summed E-state index contributed by atoms with van der Waals surface area (Å²) in [4.78, 5) is 24.0. The zero-order chi connectivity index (χ0) is 23.4. The van der Waals surface area contributed by atoms with Crippen LogP contribution < -0.4 is 20.3 Å². The summed E-state index contributed by atoms with van der Waals surface area (Å²) in [5.41, 5.74) is 1.41. The number of hydrogen-bond acceptors (Lipinski definition) is 7. The molecule has 0 unspecified atom stereocenters. The molecule has 1 aliphatic carbocycles. The molecule has 0 saturated heterocycles. The molecule has 0 atom stereocenters. The van der Waals surface area contributed by atoms with Gasteiger partial charge in [0.05, 0.1) is 12.6 Å². The molecule has 8 nitrogen and oxygen atoms in total. The van der Waals surface area contributed by atoms with Gasteiger partial charge in [-0.05, 0) is 61.9 Å². The minimum atomic E-state index is -0.158. The number of rotatable bonds is 7. The van der Waals surface area contributed by atoms with Gasteiger partial charge in [0, 0.05) is 37.6 Å². The number of carbonyl (C=O) groups is 1. The van der Waals surface area contributed by atoms with E-state index in [2.05, 4.69) is 10.6 Å². The van der Waals surface area contributed by atoms with Gasteiger partial charge in [0.15, 0.2) is 11.5 Å². The van der Waals surface area contributed by atoms with E-state index in [1.54, 1.807) is 12.1 Å². The first-order chi connectivity index (χ1) is 15.9. The number of ether oxygens (including phenoxy) is 1. The van der Waals surface area contributed by atoms with Crippen molar-refractivity contribution in [1.29, 1.82) is 0 Å². The standard InChI is InChI=1S/C25H31N5O3/c1-30(2)23-19-6-4-5-7-20(19)28-25(29-23)27-18-11-8-16(9-12-18)15-26-24(32)17-10-13-21(31)22(14-17)33-3/h4-7,10,13-14,16,18,31H,8-9,11-12,15H2,1-3H3,(H,26,32)(H,27,28,29)/t16-,18+. The first-order valence-electron chi connectivity index (χ1n) is 11.3. The van der Waals surface area contributed by atoms with Gasteiger partial charge in [0.2, 0.25) is 5.95 Å². The van der Waals surface area contributed by atoms with E-state index in [9.17, 15) is 9.90 Å². The van der Waals surface area contributed by atoms with Crippen LogP contribution in [-0.2, 0) is 0 Å². The van der Waals surface area contributed by atoms with E-state index >= 15 is 0 Å². The Morgan fingerprint density at radius 2 is 1.88 bits per heavy atom. The van der Waals surface area contributed by atoms with Crippen molar-refractivity contribution in [3.63, 3.8) is 0 Å². The van der Waals surface area contributed by atoms with Gasteiger partial charge in [0.25, 0.3) is 5.91 Å². The molecule has 1 heterocycles. The molecule has 1 fully saturated rings. The smallest absolute Gasteiger partial charge is 0.251 e. The molecular formula is C25H31N5O3. The lowest BCUT2D eigenvalue weighted by Crippen LogP contribution is -2.34. The number of phenols is 1. The van der Waals surface area contributed by atoms with Gasteiger partial charge in [-0.3, -0.25) is 4.79 Å². The van der Waals surface area contributed by atoms with Gasteiger partial charge in [-0.15, -0.1) is 0 Å². The average molecular weight is 450 g/mol. The molecule has 3 N–H and O–H groups in total. The quantitative estimate of drug-likeness (QED) is 0.504. The number of para-hydroxylation sites is 1. The van der Waals surface area contributed by atoms with E-state index < -0.39 is 0 Å². The highest BCUT2D eigenvalue weighted by Crippen LogP contribution is 2.29. The summed E-state index contributed by atoms with van der Waals surface area (Å²) in [5, 5.41) is 17.3. The zero-order valence-corrected chi connectivity index (χ0v) is 19.3. The average Bonchev–Trinajstić information content (AvgIpc) is 2.83. The van der Waals surface area contributed by atoms with Crippen molar-refractivity contribution >= 4 is 28.6 Å². The van der Waals surface area contributed by atoms with Crippen LogP contribution in [0.15, 0.2) is 42.5 Å². The molecule has 1 saturated carbocycles. The summed E-state index contributed by atoms with van der Waals surface area (Å²) in [6, 6.07) is 13.0. The van der Waals surface area contributed by atoms with Crippen LogP contribution in [0.2, 0.25) is 0 Å². The minimum Gasteiger partial charge on any atom is -0.504 e. The summed E-state index contributed by atoms with van der Waals surface area (Å²) in [7, 11) is 5.45. The molecule has 0 spiro atoms. The van der Waals surface area contributed by atoms with E-state index in [0.29, 0.717) is 35.8 Å². The van der Waals surface area contributed by atoms with E-state index in [1.807, 2.05) is 43.3 Å². The van der Waals surface area contributed by atoms with Crippen molar-refractivity contribution in [3.8, 4) is 11.5 Å². The predicted octanol–water partition coefficient (Wildman–Crippen LogP) is 3.81. The molecule has 1 aromatic heterocycles. The van der Waals surface area contributed by atoms with Crippen molar-refractivity contribution in [2.24, 2.45) is 5.92 Å². The number of aromatic nitrogens is 2. The van der Waals surface area contributed by atoms with E-state index in [4.69, 9.17) is 14.7 Å². The first-order valence-corrected chi connectivity index (χ1v) is 11.3. The Hall–Kier alpha value is -3.55. The van der Waals surface area contributed by atoms with Crippen molar-refractivity contribution in [3.05, 3.63) is 48.0 Å². The maximum Gasteiger partial charge on any atom is 0.251 e. The summed E-state index contributed by atoms with van der Waals surface area (Å²) >= 11 is 0. The predicted molar refractivity (Wildman–Crippen MR) is 130 cm³/mol. The summed E-state index contributed by atoms with van der Waals surface area (Å²) in [6.45, 7) is 0.631. The fourth-order valence-corrected chi connectivity index (χ4v) is 4.32. The first kappa shape index (κ1) is 22.6. The van der Waals surface area contributed by atoms with E-state index in [1.165, 1.54) is 13.2 Å². The second kappa shape index (κ2) is 9.94. The molecule has 0 aliphatic heterocycles. The number of fused-ring (bicyclic) bond motifs is 1. The van der Waals surface area contributed by atoms with Crippen LogP contribution in [0.5, 0.6) is 11.5 Å². The third kappa shape index (κ3) is 5.27. The molecule has 1 aliphatic rings. The second-order valence-electron chi connectivity index (χ2n) is 8.74. The van der Waals surface area contributed by atoms with Crippen LogP contribution in [-0.4, -0.2) is 54.8 Å². The van der Waals surface area contributed by atoms with Gasteiger partial charge in [0.1, 0.15) is 5.82 Å². The Balaban J connectivity index is 1.31. The van der Waals surface area contributed by atoms with Crippen molar-refractivity contribution < 1.29 is 14.6 Å². The Bertz CT molecular complexity index is 1130. The van der Waals surface area contributed by atoms with Crippen LogP contribution >= 0.6 is 0 Å². The maximum atomic E-state index is 12.5. The van der Waals surface area contributed by atoms with Crippen LogP contribution in [0, 0.1) is 5.92 Å². The van der Waals surface area contributed by atoms with Crippen molar-refractivity contribution in [2.75, 3.05) is 38.0 Å². The number of benzene rings is 2. The highest BCUT2D eigenvalue weighted by molar-refractivity contribution is 5.94. The lowest BCUT2D eigenvalue weighted by atomic mass is 9.86. The number of nitrogens with zero attached hydrogens (tertiary/aromatic N) is 3. The Labute approximate surface area is 194 Å². The van der Waals surface area contributed by atoms with Crippen LogP contribution in [0.4, 0.5) is 11.8 Å². The highest BCUT2D eigenvalue weighted by atomic mass is 16.5. The van der Waals surface area contributed by atoms with Gasteiger partial charge >= 0.3 is 0 Å². The molecule has 33 heavy (non-hydrogen) atoms. The number of amides is 1. The van der Waals surface area contributed by atoms with Gasteiger partial charge < -0.3 is 25.4 Å². The zero-order valence-electron chi connectivity index (χ0n) is 19.3. The minimum absolute atomic E-state index is 0.0213. The number of carbonyl (C=O) groups excluding carboxylic acids is 1. The van der Waals surface area contributed by atoms with Crippen molar-refractivity contribution in [2.45, 2.75) is 31.7 Å². The number of phenolic OH excluding ortho intramolecular Hbond substituents is 1. The molecule has 0 radical (unpaired) electrons. The lowest BCUT2D eigenvalue weighted by Gasteiger charge is -2.29. The normalized spacial score (nSPS) is 18.0. The SMILES string of the molecule is COc1cc(C(=O)NC[C@H]2CC[C@@H](Nc3nc(N(C)C)c4ccccc4n3)CC2)ccc1O. The van der Waals surface area contributed by atoms with Crippen LogP contribution in [0.3, 0.4) is 0 Å².